The van der Waals surface area contributed by atoms with Crippen molar-refractivity contribution in [3.05, 3.63) is 75.2 Å². The Balaban J connectivity index is 2.23. The molecule has 0 aliphatic rings. The van der Waals surface area contributed by atoms with E-state index >= 15 is 0 Å². The molecule has 0 aliphatic carbocycles. The lowest BCUT2D eigenvalue weighted by atomic mass is 10.0. The van der Waals surface area contributed by atoms with Crippen molar-refractivity contribution in [1.82, 2.24) is 0 Å². The van der Waals surface area contributed by atoms with Crippen LogP contribution in [0.1, 0.15) is 27.0 Å². The molecule has 0 unspecified atom stereocenters. The Labute approximate surface area is 128 Å². The molecule has 0 fully saturated rings. The van der Waals surface area contributed by atoms with Crippen molar-refractivity contribution in [3.8, 4) is 5.75 Å². The molecule has 5 nitrogen and oxygen atoms in total. The number of phenolic OH excluding ortho intramolecular Hbond substituents is 1. The molecule has 5 heteroatoms. The Morgan fingerprint density at radius 2 is 1.95 bits per heavy atom. The second-order valence-corrected chi connectivity index (χ2v) is 4.93. The number of benzene rings is 2. The van der Waals surface area contributed by atoms with Gasteiger partial charge in [0.2, 0.25) is 0 Å². The fourth-order valence-corrected chi connectivity index (χ4v) is 2.08. The van der Waals surface area contributed by atoms with Crippen LogP contribution in [0.3, 0.4) is 0 Å². The predicted octanol–water partition coefficient (Wildman–Crippen LogP) is 4.85. The number of nitrogens with zero attached hydrogens (tertiary/aromatic N) is 3. The van der Waals surface area contributed by atoms with E-state index < -0.39 is 0 Å². The fourth-order valence-electron chi connectivity index (χ4n) is 2.08. The molecule has 0 aliphatic heterocycles. The first kappa shape index (κ1) is 15.4. The lowest BCUT2D eigenvalue weighted by Gasteiger charge is -2.03. The van der Waals surface area contributed by atoms with Crippen LogP contribution in [-0.2, 0) is 0 Å². The normalized spacial score (nSPS) is 10.5. The topological polar surface area (TPSA) is 86.1 Å². The van der Waals surface area contributed by atoms with Crippen LogP contribution >= 0.6 is 0 Å². The number of hydrogen-bond acceptors (Lipinski definition) is 3. The zero-order valence-corrected chi connectivity index (χ0v) is 12.3. The van der Waals surface area contributed by atoms with E-state index in [9.17, 15) is 9.90 Å². The van der Waals surface area contributed by atoms with Gasteiger partial charge in [0.05, 0.1) is 0 Å². The van der Waals surface area contributed by atoms with Crippen molar-refractivity contribution < 1.29 is 9.90 Å². The highest BCUT2D eigenvalue weighted by atomic mass is 16.3. The zero-order valence-electron chi connectivity index (χ0n) is 12.3. The smallest absolute Gasteiger partial charge is 0.186 e. The van der Waals surface area contributed by atoms with Gasteiger partial charge in [-0.2, -0.15) is 0 Å². The van der Waals surface area contributed by atoms with E-state index in [0.29, 0.717) is 11.3 Å². The molecule has 0 saturated carbocycles. The van der Waals surface area contributed by atoms with Crippen LogP contribution in [0, 0.1) is 13.8 Å². The molecule has 2 rings (SSSR count). The molecule has 0 spiro atoms. The van der Waals surface area contributed by atoms with Gasteiger partial charge in [-0.25, -0.2) is 0 Å². The number of carbonyl (C=O) groups is 1. The van der Waals surface area contributed by atoms with Crippen LogP contribution in [0.5, 0.6) is 5.75 Å². The zero-order chi connectivity index (χ0) is 16.1. The molecule has 0 radical (unpaired) electrons. The molecule has 0 atom stereocenters. The summed E-state index contributed by atoms with van der Waals surface area (Å²) in [5, 5.41) is 13.0. The summed E-state index contributed by atoms with van der Waals surface area (Å²) in [6.07, 6.45) is 3.19. The van der Waals surface area contributed by atoms with Crippen molar-refractivity contribution >= 4 is 17.5 Å². The lowest BCUT2D eigenvalue weighted by molar-refractivity contribution is 0.104. The summed E-state index contributed by atoms with van der Waals surface area (Å²) < 4.78 is 0. The van der Waals surface area contributed by atoms with Crippen LogP contribution in [0.2, 0.25) is 0 Å². The number of aryl methyl sites for hydroxylation is 2. The van der Waals surface area contributed by atoms with Crippen molar-refractivity contribution in [2.45, 2.75) is 13.8 Å². The SMILES string of the molecule is Cc1cc(C=CC(=O)c2ccc(N=[N+]=[N-])cc2C)ccc1O. The van der Waals surface area contributed by atoms with Gasteiger partial charge in [0.15, 0.2) is 5.78 Å². The third-order valence-electron chi connectivity index (χ3n) is 3.28. The average molecular weight is 293 g/mol. The summed E-state index contributed by atoms with van der Waals surface area (Å²) in [7, 11) is 0. The van der Waals surface area contributed by atoms with Crippen molar-refractivity contribution in [2.24, 2.45) is 5.11 Å². The number of azide groups is 1. The number of carbonyl (C=O) groups excluding carboxylic acids is 1. The molecule has 0 bridgehead atoms. The largest absolute Gasteiger partial charge is 0.508 e. The van der Waals surface area contributed by atoms with Gasteiger partial charge < -0.3 is 5.11 Å². The molecule has 2 aromatic rings. The second kappa shape index (κ2) is 6.61. The highest BCUT2D eigenvalue weighted by Gasteiger charge is 2.06. The molecule has 0 amide bonds. The Morgan fingerprint density at radius 1 is 1.18 bits per heavy atom. The first-order valence-electron chi connectivity index (χ1n) is 6.69. The lowest BCUT2D eigenvalue weighted by Crippen LogP contribution is -1.97. The third kappa shape index (κ3) is 3.53. The number of phenols is 1. The number of hydrogen-bond donors (Lipinski definition) is 1. The van der Waals surface area contributed by atoms with Gasteiger partial charge in [-0.1, -0.05) is 29.4 Å². The van der Waals surface area contributed by atoms with Crippen LogP contribution in [-0.4, -0.2) is 10.9 Å². The first-order chi connectivity index (χ1) is 10.5. The van der Waals surface area contributed by atoms with Gasteiger partial charge in [-0.05, 0) is 60.3 Å². The number of ketones is 1. The molecule has 110 valence electrons. The standard InChI is InChI=1S/C17H15N3O2/c1-11-10-14(19-20-18)5-6-15(11)17(22)8-4-13-3-7-16(21)12(2)9-13/h3-10,21H,1-2H3. The molecule has 22 heavy (non-hydrogen) atoms. The maximum absolute atomic E-state index is 12.2. The summed E-state index contributed by atoms with van der Waals surface area (Å²) in [5.74, 6) is 0.101. The van der Waals surface area contributed by atoms with Crippen LogP contribution in [0.25, 0.3) is 16.5 Å². The molecule has 1 N–H and O–H groups in total. The van der Waals surface area contributed by atoms with Gasteiger partial charge in [0.1, 0.15) is 5.75 Å². The minimum absolute atomic E-state index is 0.129. The quantitative estimate of drug-likeness (QED) is 0.287. The van der Waals surface area contributed by atoms with E-state index in [4.69, 9.17) is 5.53 Å². The predicted molar refractivity (Wildman–Crippen MR) is 86.2 cm³/mol. The summed E-state index contributed by atoms with van der Waals surface area (Å²) in [5.41, 5.74) is 11.8. The van der Waals surface area contributed by atoms with E-state index in [0.717, 1.165) is 16.7 Å². The third-order valence-corrected chi connectivity index (χ3v) is 3.28. The Kier molecular flexibility index (Phi) is 4.61. The molecule has 2 aromatic carbocycles. The summed E-state index contributed by atoms with van der Waals surface area (Å²) >= 11 is 0. The van der Waals surface area contributed by atoms with Crippen molar-refractivity contribution in [3.63, 3.8) is 0 Å². The number of rotatable bonds is 4. The number of aromatic hydroxyl groups is 1. The number of allylic oxidation sites excluding steroid dienone is 1. The Morgan fingerprint density at radius 3 is 2.59 bits per heavy atom. The Hall–Kier alpha value is -3.04. The molecule has 0 heterocycles. The van der Waals surface area contributed by atoms with Crippen LogP contribution in [0.15, 0.2) is 47.6 Å². The fraction of sp³-hybridized carbons (Fsp3) is 0.118. The summed E-state index contributed by atoms with van der Waals surface area (Å²) in [6, 6.07) is 10.1. The van der Waals surface area contributed by atoms with E-state index in [2.05, 4.69) is 10.0 Å². The second-order valence-electron chi connectivity index (χ2n) is 4.93. The van der Waals surface area contributed by atoms with E-state index in [-0.39, 0.29) is 11.5 Å². The minimum atomic E-state index is -0.129. The molecule has 0 aromatic heterocycles. The maximum atomic E-state index is 12.2. The Bertz CT molecular complexity index is 804. The van der Waals surface area contributed by atoms with Crippen LogP contribution in [0.4, 0.5) is 5.69 Å². The highest BCUT2D eigenvalue weighted by molar-refractivity contribution is 6.07. The molecular weight excluding hydrogens is 278 g/mol. The van der Waals surface area contributed by atoms with Gasteiger partial charge in [-0.3, -0.25) is 4.79 Å². The summed E-state index contributed by atoms with van der Waals surface area (Å²) in [4.78, 5) is 14.9. The van der Waals surface area contributed by atoms with E-state index in [1.54, 1.807) is 56.3 Å². The van der Waals surface area contributed by atoms with E-state index in [1.165, 1.54) is 6.08 Å². The monoisotopic (exact) mass is 293 g/mol. The average Bonchev–Trinajstić information content (AvgIpc) is 2.48. The van der Waals surface area contributed by atoms with Gasteiger partial charge >= 0.3 is 0 Å². The first-order valence-corrected chi connectivity index (χ1v) is 6.69. The van der Waals surface area contributed by atoms with Crippen molar-refractivity contribution in [1.29, 1.82) is 0 Å². The van der Waals surface area contributed by atoms with Gasteiger partial charge in [0, 0.05) is 16.2 Å². The summed E-state index contributed by atoms with van der Waals surface area (Å²) in [6.45, 7) is 3.59. The minimum Gasteiger partial charge on any atom is -0.508 e. The molecule has 0 saturated heterocycles. The molecular formula is C17H15N3O2. The highest BCUT2D eigenvalue weighted by Crippen LogP contribution is 2.20. The van der Waals surface area contributed by atoms with E-state index in [1.807, 2.05) is 0 Å². The van der Waals surface area contributed by atoms with Crippen LogP contribution < -0.4 is 0 Å². The van der Waals surface area contributed by atoms with Gasteiger partial charge in [-0.15, -0.1) is 0 Å². The van der Waals surface area contributed by atoms with Gasteiger partial charge in [0.25, 0.3) is 0 Å². The maximum Gasteiger partial charge on any atom is 0.186 e. The van der Waals surface area contributed by atoms with Crippen molar-refractivity contribution in [2.75, 3.05) is 0 Å².